The lowest BCUT2D eigenvalue weighted by Crippen LogP contribution is -2.28. The van der Waals surface area contributed by atoms with Crippen LogP contribution in [0.5, 0.6) is 5.75 Å². The SMILES string of the molecule is C=CCNC(=O)Nc1ccc(NC(=O)COc2ccccc2CC)cc1. The molecule has 6 nitrogen and oxygen atoms in total. The number of nitrogens with one attached hydrogen (secondary N) is 3. The Morgan fingerprint density at radius 1 is 1.04 bits per heavy atom. The number of ether oxygens (including phenoxy) is 1. The van der Waals surface area contributed by atoms with E-state index >= 15 is 0 Å². The van der Waals surface area contributed by atoms with Gasteiger partial charge in [0, 0.05) is 17.9 Å². The molecule has 26 heavy (non-hydrogen) atoms. The highest BCUT2D eigenvalue weighted by molar-refractivity contribution is 5.93. The van der Waals surface area contributed by atoms with Crippen LogP contribution in [0.3, 0.4) is 0 Å². The summed E-state index contributed by atoms with van der Waals surface area (Å²) in [6.45, 7) is 5.89. The van der Waals surface area contributed by atoms with E-state index in [1.165, 1.54) is 0 Å². The summed E-state index contributed by atoms with van der Waals surface area (Å²) < 4.78 is 5.59. The van der Waals surface area contributed by atoms with Gasteiger partial charge in [-0.1, -0.05) is 31.2 Å². The highest BCUT2D eigenvalue weighted by atomic mass is 16.5. The molecule has 0 bridgehead atoms. The molecule has 6 heteroatoms. The minimum atomic E-state index is -0.315. The molecule has 0 atom stereocenters. The van der Waals surface area contributed by atoms with Gasteiger partial charge in [0.2, 0.25) is 0 Å². The second kappa shape index (κ2) is 9.88. The fourth-order valence-corrected chi connectivity index (χ4v) is 2.25. The standard InChI is InChI=1S/C20H23N3O3/c1-3-13-21-20(25)23-17-11-9-16(10-12-17)22-19(24)14-26-18-8-6-5-7-15(18)4-2/h3,5-12H,1,4,13-14H2,2H3,(H,22,24)(H2,21,23,25). The molecule has 0 spiro atoms. The molecular formula is C20H23N3O3. The number of urea groups is 1. The Bertz CT molecular complexity index is 757. The minimum absolute atomic E-state index is 0.0685. The number of anilines is 2. The van der Waals surface area contributed by atoms with Gasteiger partial charge in [-0.3, -0.25) is 4.79 Å². The molecule has 0 aliphatic rings. The van der Waals surface area contributed by atoms with E-state index in [0.29, 0.717) is 17.9 Å². The van der Waals surface area contributed by atoms with Gasteiger partial charge in [-0.2, -0.15) is 0 Å². The topological polar surface area (TPSA) is 79.5 Å². The van der Waals surface area contributed by atoms with Crippen LogP contribution in [0, 0.1) is 0 Å². The van der Waals surface area contributed by atoms with Crippen LogP contribution in [-0.4, -0.2) is 25.1 Å². The number of rotatable bonds is 8. The number of para-hydroxylation sites is 1. The van der Waals surface area contributed by atoms with Crippen LogP contribution in [0.25, 0.3) is 0 Å². The lowest BCUT2D eigenvalue weighted by atomic mass is 10.1. The van der Waals surface area contributed by atoms with Crippen LogP contribution in [0.15, 0.2) is 61.2 Å². The summed E-state index contributed by atoms with van der Waals surface area (Å²) in [6.07, 6.45) is 2.44. The Kier molecular flexibility index (Phi) is 7.24. The fourth-order valence-electron chi connectivity index (χ4n) is 2.25. The molecule has 2 rings (SSSR count). The molecule has 0 heterocycles. The van der Waals surface area contributed by atoms with Gasteiger partial charge < -0.3 is 20.7 Å². The second-order valence-electron chi connectivity index (χ2n) is 5.50. The van der Waals surface area contributed by atoms with E-state index in [-0.39, 0.29) is 18.5 Å². The third kappa shape index (κ3) is 5.98. The van der Waals surface area contributed by atoms with Gasteiger partial charge in [0.15, 0.2) is 6.61 Å². The first-order valence-electron chi connectivity index (χ1n) is 8.38. The summed E-state index contributed by atoms with van der Waals surface area (Å²) in [6, 6.07) is 14.2. The van der Waals surface area contributed by atoms with Gasteiger partial charge >= 0.3 is 6.03 Å². The van der Waals surface area contributed by atoms with Crippen LogP contribution in [0.1, 0.15) is 12.5 Å². The van der Waals surface area contributed by atoms with Crippen molar-refractivity contribution in [3.63, 3.8) is 0 Å². The fraction of sp³-hybridized carbons (Fsp3) is 0.200. The molecule has 0 unspecified atom stereocenters. The second-order valence-corrected chi connectivity index (χ2v) is 5.50. The summed E-state index contributed by atoms with van der Waals surface area (Å²) in [4.78, 5) is 23.6. The zero-order valence-corrected chi connectivity index (χ0v) is 14.7. The molecule has 2 aromatic carbocycles. The van der Waals surface area contributed by atoms with Crippen molar-refractivity contribution >= 4 is 23.3 Å². The summed E-state index contributed by atoms with van der Waals surface area (Å²) in [7, 11) is 0. The first-order valence-corrected chi connectivity index (χ1v) is 8.38. The molecule has 0 fully saturated rings. The maximum atomic E-state index is 12.0. The molecule has 3 N–H and O–H groups in total. The molecule has 0 aliphatic carbocycles. The highest BCUT2D eigenvalue weighted by Gasteiger charge is 2.07. The maximum absolute atomic E-state index is 12.0. The summed E-state index contributed by atoms with van der Waals surface area (Å²) >= 11 is 0. The monoisotopic (exact) mass is 353 g/mol. The van der Waals surface area contributed by atoms with Gasteiger partial charge in [0.05, 0.1) is 0 Å². The molecule has 136 valence electrons. The lowest BCUT2D eigenvalue weighted by molar-refractivity contribution is -0.118. The number of amides is 3. The van der Waals surface area contributed by atoms with Gasteiger partial charge in [0.1, 0.15) is 5.75 Å². The Morgan fingerprint density at radius 3 is 2.35 bits per heavy atom. The Morgan fingerprint density at radius 2 is 1.69 bits per heavy atom. The third-order valence-electron chi connectivity index (χ3n) is 3.55. The van der Waals surface area contributed by atoms with Crippen LogP contribution in [0.4, 0.5) is 16.2 Å². The van der Waals surface area contributed by atoms with Crippen molar-refractivity contribution in [3.05, 3.63) is 66.7 Å². The highest BCUT2D eigenvalue weighted by Crippen LogP contribution is 2.18. The summed E-state index contributed by atoms with van der Waals surface area (Å²) in [5.41, 5.74) is 2.31. The molecule has 0 saturated heterocycles. The van der Waals surface area contributed by atoms with Crippen LogP contribution in [0.2, 0.25) is 0 Å². The zero-order valence-electron chi connectivity index (χ0n) is 14.7. The van der Waals surface area contributed by atoms with Crippen molar-refractivity contribution in [1.29, 1.82) is 0 Å². The molecule has 0 aliphatic heterocycles. The first-order chi connectivity index (χ1) is 12.6. The van der Waals surface area contributed by atoms with E-state index in [1.807, 2.05) is 31.2 Å². The molecule has 0 aromatic heterocycles. The number of aryl methyl sites for hydroxylation is 1. The summed E-state index contributed by atoms with van der Waals surface area (Å²) in [5.74, 6) is 0.468. The normalized spacial score (nSPS) is 9.88. The number of carbonyl (C=O) groups excluding carboxylic acids is 2. The van der Waals surface area contributed by atoms with Gasteiger partial charge in [-0.25, -0.2) is 4.79 Å². The number of hydrogen-bond donors (Lipinski definition) is 3. The Balaban J connectivity index is 1.83. The van der Waals surface area contributed by atoms with Crippen LogP contribution >= 0.6 is 0 Å². The molecule has 0 saturated carbocycles. The predicted octanol–water partition coefficient (Wildman–Crippen LogP) is 3.57. The van der Waals surface area contributed by atoms with Crippen molar-refractivity contribution in [1.82, 2.24) is 5.32 Å². The quantitative estimate of drug-likeness (QED) is 0.635. The number of benzene rings is 2. The van der Waals surface area contributed by atoms with Gasteiger partial charge in [-0.15, -0.1) is 6.58 Å². The van der Waals surface area contributed by atoms with Gasteiger partial charge in [0.25, 0.3) is 5.91 Å². The van der Waals surface area contributed by atoms with Crippen molar-refractivity contribution < 1.29 is 14.3 Å². The van der Waals surface area contributed by atoms with E-state index in [9.17, 15) is 9.59 Å². The van der Waals surface area contributed by atoms with Crippen molar-refractivity contribution in [2.75, 3.05) is 23.8 Å². The van der Waals surface area contributed by atoms with E-state index in [0.717, 1.165) is 17.7 Å². The van der Waals surface area contributed by atoms with E-state index in [1.54, 1.807) is 30.3 Å². The lowest BCUT2D eigenvalue weighted by Gasteiger charge is -2.11. The largest absolute Gasteiger partial charge is 0.483 e. The Hall–Kier alpha value is -3.28. The van der Waals surface area contributed by atoms with Crippen molar-refractivity contribution in [3.8, 4) is 5.75 Å². The van der Waals surface area contributed by atoms with Gasteiger partial charge in [-0.05, 0) is 42.3 Å². The van der Waals surface area contributed by atoms with Crippen molar-refractivity contribution in [2.24, 2.45) is 0 Å². The maximum Gasteiger partial charge on any atom is 0.319 e. The first kappa shape index (κ1) is 19.1. The van der Waals surface area contributed by atoms with E-state index in [4.69, 9.17) is 4.74 Å². The van der Waals surface area contributed by atoms with Crippen LogP contribution < -0.4 is 20.7 Å². The molecule has 2 aromatic rings. The van der Waals surface area contributed by atoms with Crippen LogP contribution in [-0.2, 0) is 11.2 Å². The smallest absolute Gasteiger partial charge is 0.319 e. The molecule has 0 radical (unpaired) electrons. The van der Waals surface area contributed by atoms with Crippen molar-refractivity contribution in [2.45, 2.75) is 13.3 Å². The average molecular weight is 353 g/mol. The van der Waals surface area contributed by atoms with E-state index in [2.05, 4.69) is 22.5 Å². The zero-order chi connectivity index (χ0) is 18.8. The average Bonchev–Trinajstić information content (AvgIpc) is 2.66. The number of carbonyl (C=O) groups is 2. The summed E-state index contributed by atoms with van der Waals surface area (Å²) in [5, 5.41) is 8.06. The van der Waals surface area contributed by atoms with E-state index < -0.39 is 0 Å². The predicted molar refractivity (Wildman–Crippen MR) is 104 cm³/mol. The third-order valence-corrected chi connectivity index (χ3v) is 3.55. The minimum Gasteiger partial charge on any atom is -0.483 e. The molecular weight excluding hydrogens is 330 g/mol. The Labute approximate surface area is 153 Å². The molecule has 3 amide bonds. The number of hydrogen-bond acceptors (Lipinski definition) is 3.